The zero-order valence-electron chi connectivity index (χ0n) is 19.5. The number of ether oxygens (including phenoxy) is 2. The van der Waals surface area contributed by atoms with Crippen LogP contribution in [0.1, 0.15) is 18.2 Å². The predicted molar refractivity (Wildman–Crippen MR) is 128 cm³/mol. The van der Waals surface area contributed by atoms with Crippen LogP contribution in [0.2, 0.25) is 0 Å². The third-order valence-electron chi connectivity index (χ3n) is 6.09. The Morgan fingerprint density at radius 2 is 1.97 bits per heavy atom. The minimum atomic E-state index is -1.04. The first-order valence-corrected chi connectivity index (χ1v) is 11.4. The average Bonchev–Trinajstić information content (AvgIpc) is 3.31. The molecule has 2 aliphatic heterocycles. The third kappa shape index (κ3) is 4.78. The summed E-state index contributed by atoms with van der Waals surface area (Å²) in [6.07, 6.45) is -1.86. The van der Waals surface area contributed by atoms with Crippen LogP contribution in [0.3, 0.4) is 0 Å². The molecule has 3 heterocycles. The fraction of sp³-hybridized carbons (Fsp3) is 0.280. The van der Waals surface area contributed by atoms with Crippen LogP contribution in [0.15, 0.2) is 48.5 Å². The Bertz CT molecular complexity index is 1310. The van der Waals surface area contributed by atoms with Crippen molar-refractivity contribution >= 4 is 23.7 Å². The summed E-state index contributed by atoms with van der Waals surface area (Å²) in [5.74, 6) is 0.546. The highest BCUT2D eigenvalue weighted by Gasteiger charge is 2.32. The molecular formula is C25H24FN5O5. The van der Waals surface area contributed by atoms with E-state index >= 15 is 0 Å². The van der Waals surface area contributed by atoms with Crippen LogP contribution in [-0.2, 0) is 17.8 Å². The van der Waals surface area contributed by atoms with E-state index < -0.39 is 18.0 Å². The van der Waals surface area contributed by atoms with Gasteiger partial charge in [0.2, 0.25) is 0 Å². The molecule has 0 radical (unpaired) electrons. The quantitative estimate of drug-likeness (QED) is 0.558. The summed E-state index contributed by atoms with van der Waals surface area (Å²) in [6, 6.07) is 12.7. The fourth-order valence-electron chi connectivity index (χ4n) is 4.27. The third-order valence-corrected chi connectivity index (χ3v) is 6.09. The van der Waals surface area contributed by atoms with Gasteiger partial charge in [0, 0.05) is 17.7 Å². The Labute approximate surface area is 206 Å². The molecule has 10 nitrogen and oxygen atoms in total. The number of fused-ring (bicyclic) bond motifs is 1. The standard InChI is InChI=1S/C25H24FN5O5/c1-15-14-35-10-9-31(15)23-18-12-30(25(33)34)13-21(18)27-22(29-23)16-7-8-20(19(26)11-16)28-24(32)36-17-5-3-2-4-6-17/h2-8,11,15H,9-10,12-14H2,1H3,(H,28,32)(H,33,34). The van der Waals surface area contributed by atoms with Crippen LogP contribution in [0.25, 0.3) is 11.4 Å². The monoisotopic (exact) mass is 493 g/mol. The second-order valence-electron chi connectivity index (χ2n) is 8.57. The Kier molecular flexibility index (Phi) is 6.38. The maximum absolute atomic E-state index is 15.0. The predicted octanol–water partition coefficient (Wildman–Crippen LogP) is 4.11. The summed E-state index contributed by atoms with van der Waals surface area (Å²) < 4.78 is 25.6. The van der Waals surface area contributed by atoms with E-state index in [1.165, 1.54) is 17.0 Å². The van der Waals surface area contributed by atoms with Crippen molar-refractivity contribution in [3.63, 3.8) is 0 Å². The summed E-state index contributed by atoms with van der Waals surface area (Å²) in [5, 5.41) is 11.9. The summed E-state index contributed by atoms with van der Waals surface area (Å²) in [7, 11) is 0. The molecule has 11 heteroatoms. The Hall–Kier alpha value is -4.25. The molecule has 0 spiro atoms. The van der Waals surface area contributed by atoms with E-state index in [9.17, 15) is 19.1 Å². The van der Waals surface area contributed by atoms with Crippen molar-refractivity contribution in [2.24, 2.45) is 0 Å². The second kappa shape index (κ2) is 9.78. The lowest BCUT2D eigenvalue weighted by Crippen LogP contribution is -2.44. The highest BCUT2D eigenvalue weighted by Crippen LogP contribution is 2.34. The lowest BCUT2D eigenvalue weighted by molar-refractivity contribution is 0.0983. The van der Waals surface area contributed by atoms with E-state index in [1.54, 1.807) is 36.4 Å². The Morgan fingerprint density at radius 3 is 2.69 bits per heavy atom. The normalized spacial score (nSPS) is 17.0. The molecule has 0 saturated carbocycles. The molecule has 5 rings (SSSR count). The number of hydrogen-bond acceptors (Lipinski definition) is 7. The van der Waals surface area contributed by atoms with E-state index in [2.05, 4.69) is 15.2 Å². The zero-order valence-corrected chi connectivity index (χ0v) is 19.5. The van der Waals surface area contributed by atoms with Crippen LogP contribution in [0.5, 0.6) is 5.75 Å². The van der Waals surface area contributed by atoms with E-state index in [1.807, 2.05) is 6.92 Å². The van der Waals surface area contributed by atoms with Gasteiger partial charge in [-0.15, -0.1) is 0 Å². The van der Waals surface area contributed by atoms with Crippen molar-refractivity contribution in [2.45, 2.75) is 26.1 Å². The van der Waals surface area contributed by atoms with Gasteiger partial charge >= 0.3 is 12.2 Å². The number of aromatic nitrogens is 2. The molecule has 0 bridgehead atoms. The van der Waals surface area contributed by atoms with Gasteiger partial charge < -0.3 is 19.5 Å². The highest BCUT2D eigenvalue weighted by molar-refractivity contribution is 5.87. The second-order valence-corrected chi connectivity index (χ2v) is 8.57. The number of para-hydroxylation sites is 1. The molecule has 1 fully saturated rings. The van der Waals surface area contributed by atoms with Crippen molar-refractivity contribution in [1.29, 1.82) is 0 Å². The van der Waals surface area contributed by atoms with Gasteiger partial charge in [-0.25, -0.2) is 23.9 Å². The van der Waals surface area contributed by atoms with Gasteiger partial charge in [0.1, 0.15) is 17.4 Å². The van der Waals surface area contributed by atoms with Crippen molar-refractivity contribution in [2.75, 3.05) is 30.0 Å². The minimum Gasteiger partial charge on any atom is -0.465 e. The van der Waals surface area contributed by atoms with Gasteiger partial charge in [-0.05, 0) is 37.3 Å². The molecule has 186 valence electrons. The smallest absolute Gasteiger partial charge is 0.417 e. The number of carbonyl (C=O) groups excluding carboxylic acids is 1. The Balaban J connectivity index is 1.43. The summed E-state index contributed by atoms with van der Waals surface area (Å²) in [6.45, 7) is 3.95. The zero-order chi connectivity index (χ0) is 25.2. The molecular weight excluding hydrogens is 469 g/mol. The van der Waals surface area contributed by atoms with Crippen LogP contribution >= 0.6 is 0 Å². The lowest BCUT2D eigenvalue weighted by Gasteiger charge is -2.35. The average molecular weight is 493 g/mol. The summed E-state index contributed by atoms with van der Waals surface area (Å²) in [5.41, 5.74) is 1.68. The number of morpholine rings is 1. The Morgan fingerprint density at radius 1 is 1.17 bits per heavy atom. The van der Waals surface area contributed by atoms with Gasteiger partial charge in [0.25, 0.3) is 0 Å². The van der Waals surface area contributed by atoms with Crippen LogP contribution in [0, 0.1) is 5.82 Å². The van der Waals surface area contributed by atoms with Gasteiger partial charge in [-0.2, -0.15) is 0 Å². The first-order valence-electron chi connectivity index (χ1n) is 11.4. The largest absolute Gasteiger partial charge is 0.465 e. The number of carboxylic acid groups (broad SMARTS) is 1. The highest BCUT2D eigenvalue weighted by atomic mass is 19.1. The van der Waals surface area contributed by atoms with Crippen LogP contribution in [0.4, 0.5) is 25.5 Å². The van der Waals surface area contributed by atoms with Crippen molar-refractivity contribution in [1.82, 2.24) is 14.9 Å². The number of nitrogens with one attached hydrogen (secondary N) is 1. The maximum atomic E-state index is 15.0. The van der Waals surface area contributed by atoms with Crippen LogP contribution < -0.4 is 15.0 Å². The van der Waals surface area contributed by atoms with E-state index in [0.717, 1.165) is 5.56 Å². The number of amides is 2. The first-order chi connectivity index (χ1) is 17.4. The summed E-state index contributed by atoms with van der Waals surface area (Å²) >= 11 is 0. The van der Waals surface area contributed by atoms with Gasteiger partial charge in [0.05, 0.1) is 43.7 Å². The summed E-state index contributed by atoms with van der Waals surface area (Å²) in [4.78, 5) is 36.4. The fourth-order valence-corrected chi connectivity index (χ4v) is 4.27. The molecule has 36 heavy (non-hydrogen) atoms. The van der Waals surface area contributed by atoms with Crippen molar-refractivity contribution in [3.8, 4) is 17.1 Å². The molecule has 2 amide bonds. The van der Waals surface area contributed by atoms with Crippen molar-refractivity contribution in [3.05, 3.63) is 65.6 Å². The number of carbonyl (C=O) groups is 2. The van der Waals surface area contributed by atoms with Crippen LogP contribution in [-0.4, -0.2) is 58.0 Å². The molecule has 1 unspecified atom stereocenters. The molecule has 2 aromatic carbocycles. The topological polar surface area (TPSA) is 117 Å². The van der Waals surface area contributed by atoms with Gasteiger partial charge in [-0.3, -0.25) is 10.2 Å². The molecule has 1 saturated heterocycles. The lowest BCUT2D eigenvalue weighted by atomic mass is 10.1. The number of anilines is 2. The van der Waals surface area contributed by atoms with E-state index in [4.69, 9.17) is 14.5 Å². The van der Waals surface area contributed by atoms with Gasteiger partial charge in [0.15, 0.2) is 5.82 Å². The SMILES string of the molecule is CC1COCCN1c1nc(-c2ccc(NC(=O)Oc3ccccc3)c(F)c2)nc2c1CN(C(=O)O)C2. The molecule has 3 aromatic rings. The number of hydrogen-bond donors (Lipinski definition) is 2. The number of nitrogens with zero attached hydrogens (tertiary/aromatic N) is 4. The molecule has 0 aliphatic carbocycles. The molecule has 1 atom stereocenters. The number of halogens is 1. The molecule has 2 aliphatic rings. The molecule has 2 N–H and O–H groups in total. The maximum Gasteiger partial charge on any atom is 0.417 e. The molecule has 1 aromatic heterocycles. The van der Waals surface area contributed by atoms with E-state index in [0.29, 0.717) is 42.6 Å². The number of rotatable bonds is 4. The van der Waals surface area contributed by atoms with Crippen molar-refractivity contribution < 1.29 is 28.6 Å². The number of benzene rings is 2. The van der Waals surface area contributed by atoms with Gasteiger partial charge in [-0.1, -0.05) is 18.2 Å². The van der Waals surface area contributed by atoms with E-state index in [-0.39, 0.29) is 30.6 Å². The first kappa shape index (κ1) is 23.5. The minimum absolute atomic E-state index is 0.0309.